The number of hydrogen-bond acceptors (Lipinski definition) is 7. The predicted molar refractivity (Wildman–Crippen MR) is 132 cm³/mol. The maximum Gasteiger partial charge on any atom is 0.163 e. The number of halogens is 2. The van der Waals surface area contributed by atoms with Gasteiger partial charge in [-0.3, -0.25) is 0 Å². The lowest BCUT2D eigenvalue weighted by Gasteiger charge is -2.41. The Kier molecular flexibility index (Phi) is 7.14. The standard InChI is InChI=1S/C24H28Cl2N4O3/c1-24(2)13-30(3)12-16(33-24)7-8-32-22-11-20-17(10-21(22)31-4)23(28-14-27-20)29-15-5-6-18(25)19(26)9-15/h5-6,9-11,14,16H,7-8,12-13H2,1-4H3,(H,27,28,29). The molecule has 0 amide bonds. The van der Waals surface area contributed by atoms with Crippen molar-refractivity contribution in [3.05, 3.63) is 46.7 Å². The molecule has 0 radical (unpaired) electrons. The molecule has 2 aromatic carbocycles. The Morgan fingerprint density at radius 1 is 1.15 bits per heavy atom. The van der Waals surface area contributed by atoms with Crippen LogP contribution in [-0.4, -0.2) is 60.4 Å². The monoisotopic (exact) mass is 490 g/mol. The molecule has 4 rings (SSSR count). The molecule has 0 aliphatic carbocycles. The molecule has 1 atom stereocenters. The highest BCUT2D eigenvalue weighted by Gasteiger charge is 2.31. The fraction of sp³-hybridized carbons (Fsp3) is 0.417. The summed E-state index contributed by atoms with van der Waals surface area (Å²) in [7, 11) is 3.74. The van der Waals surface area contributed by atoms with Gasteiger partial charge in [-0.25, -0.2) is 9.97 Å². The quantitative estimate of drug-likeness (QED) is 0.464. The van der Waals surface area contributed by atoms with Crippen molar-refractivity contribution in [3.63, 3.8) is 0 Å². The second kappa shape index (κ2) is 9.89. The highest BCUT2D eigenvalue weighted by molar-refractivity contribution is 6.42. The highest BCUT2D eigenvalue weighted by Crippen LogP contribution is 2.35. The molecular formula is C24H28Cl2N4O3. The van der Waals surface area contributed by atoms with E-state index >= 15 is 0 Å². The van der Waals surface area contributed by atoms with E-state index in [4.69, 9.17) is 37.4 Å². The molecule has 1 saturated heterocycles. The molecule has 3 aromatic rings. The molecule has 1 fully saturated rings. The third kappa shape index (κ3) is 5.79. The van der Waals surface area contributed by atoms with Gasteiger partial charge in [0.05, 0.1) is 41.0 Å². The Hall–Kier alpha value is -2.32. The van der Waals surface area contributed by atoms with Crippen LogP contribution in [0.3, 0.4) is 0 Å². The minimum atomic E-state index is -0.160. The van der Waals surface area contributed by atoms with Crippen molar-refractivity contribution in [2.24, 2.45) is 0 Å². The predicted octanol–water partition coefficient (Wildman–Crippen LogP) is 5.57. The zero-order valence-electron chi connectivity index (χ0n) is 19.2. The van der Waals surface area contributed by atoms with E-state index in [1.165, 1.54) is 6.33 Å². The van der Waals surface area contributed by atoms with Crippen LogP contribution < -0.4 is 14.8 Å². The number of benzene rings is 2. The summed E-state index contributed by atoms with van der Waals surface area (Å²) in [6.45, 7) is 6.55. The lowest BCUT2D eigenvalue weighted by molar-refractivity contribution is -0.134. The van der Waals surface area contributed by atoms with Gasteiger partial charge in [-0.15, -0.1) is 0 Å². The van der Waals surface area contributed by atoms with E-state index in [-0.39, 0.29) is 11.7 Å². The maximum atomic E-state index is 6.20. The first kappa shape index (κ1) is 23.8. The first-order chi connectivity index (χ1) is 15.7. The summed E-state index contributed by atoms with van der Waals surface area (Å²) in [5, 5.41) is 5.03. The van der Waals surface area contributed by atoms with E-state index in [0.29, 0.717) is 34.0 Å². The van der Waals surface area contributed by atoms with Crippen molar-refractivity contribution in [2.75, 3.05) is 39.2 Å². The highest BCUT2D eigenvalue weighted by atomic mass is 35.5. The maximum absolute atomic E-state index is 6.20. The van der Waals surface area contributed by atoms with Crippen LogP contribution in [0, 0.1) is 0 Å². The van der Waals surface area contributed by atoms with Crippen LogP contribution in [0.25, 0.3) is 10.9 Å². The Labute approximate surface area is 204 Å². The molecule has 33 heavy (non-hydrogen) atoms. The Balaban J connectivity index is 1.51. The van der Waals surface area contributed by atoms with Crippen molar-refractivity contribution < 1.29 is 14.2 Å². The third-order valence-electron chi connectivity index (χ3n) is 5.45. The summed E-state index contributed by atoms with van der Waals surface area (Å²) in [5.74, 6) is 1.87. The molecule has 1 aliphatic rings. The average molecular weight is 491 g/mol. The molecule has 1 N–H and O–H groups in total. The number of nitrogens with one attached hydrogen (secondary N) is 1. The molecule has 2 heterocycles. The molecule has 1 aromatic heterocycles. The van der Waals surface area contributed by atoms with Crippen LogP contribution in [0.1, 0.15) is 20.3 Å². The van der Waals surface area contributed by atoms with Gasteiger partial charge in [0.25, 0.3) is 0 Å². The van der Waals surface area contributed by atoms with E-state index in [9.17, 15) is 0 Å². The number of nitrogens with zero attached hydrogens (tertiary/aromatic N) is 3. The number of hydrogen-bond donors (Lipinski definition) is 1. The summed E-state index contributed by atoms with van der Waals surface area (Å²) in [6.07, 6.45) is 2.41. The van der Waals surface area contributed by atoms with Gasteiger partial charge < -0.3 is 24.4 Å². The van der Waals surface area contributed by atoms with Gasteiger partial charge in [-0.2, -0.15) is 0 Å². The fourth-order valence-electron chi connectivity index (χ4n) is 4.19. The minimum absolute atomic E-state index is 0.120. The van der Waals surface area contributed by atoms with Crippen molar-refractivity contribution in [2.45, 2.75) is 32.0 Å². The minimum Gasteiger partial charge on any atom is -0.493 e. The van der Waals surface area contributed by atoms with Gasteiger partial charge in [-0.05, 0) is 45.2 Å². The number of anilines is 2. The molecular weight excluding hydrogens is 463 g/mol. The summed E-state index contributed by atoms with van der Waals surface area (Å²) in [6, 6.07) is 9.06. The van der Waals surface area contributed by atoms with Crippen molar-refractivity contribution in [1.82, 2.24) is 14.9 Å². The molecule has 0 spiro atoms. The molecule has 1 aliphatic heterocycles. The molecule has 1 unspecified atom stereocenters. The topological polar surface area (TPSA) is 68.7 Å². The van der Waals surface area contributed by atoms with Gasteiger partial charge in [0.2, 0.25) is 0 Å². The van der Waals surface area contributed by atoms with Crippen LogP contribution in [0.15, 0.2) is 36.7 Å². The number of aromatic nitrogens is 2. The number of fused-ring (bicyclic) bond motifs is 1. The number of likely N-dealkylation sites (N-methyl/N-ethyl adjacent to an activating group) is 1. The summed E-state index contributed by atoms with van der Waals surface area (Å²) >= 11 is 12.2. The Bertz CT molecular complexity index is 1140. The second-order valence-electron chi connectivity index (χ2n) is 8.83. The zero-order chi connectivity index (χ0) is 23.6. The summed E-state index contributed by atoms with van der Waals surface area (Å²) in [4.78, 5) is 11.1. The lowest BCUT2D eigenvalue weighted by atomic mass is 10.0. The normalized spacial score (nSPS) is 18.3. The van der Waals surface area contributed by atoms with E-state index in [1.54, 1.807) is 19.2 Å². The van der Waals surface area contributed by atoms with Crippen molar-refractivity contribution >= 4 is 45.6 Å². The fourth-order valence-corrected chi connectivity index (χ4v) is 4.48. The Morgan fingerprint density at radius 2 is 1.97 bits per heavy atom. The summed E-state index contributed by atoms with van der Waals surface area (Å²) in [5.41, 5.74) is 1.34. The molecule has 7 nitrogen and oxygen atoms in total. The number of rotatable bonds is 7. The average Bonchev–Trinajstić information content (AvgIpc) is 2.74. The van der Waals surface area contributed by atoms with E-state index < -0.39 is 0 Å². The van der Waals surface area contributed by atoms with Gasteiger partial charge in [0.15, 0.2) is 11.5 Å². The Morgan fingerprint density at radius 3 is 2.70 bits per heavy atom. The lowest BCUT2D eigenvalue weighted by Crippen LogP contribution is -2.51. The van der Waals surface area contributed by atoms with Gasteiger partial charge >= 0.3 is 0 Å². The molecule has 0 bridgehead atoms. The first-order valence-electron chi connectivity index (χ1n) is 10.8. The second-order valence-corrected chi connectivity index (χ2v) is 9.64. The number of ether oxygens (including phenoxy) is 3. The van der Waals surface area contributed by atoms with Gasteiger partial charge in [0.1, 0.15) is 12.1 Å². The molecule has 9 heteroatoms. The molecule has 176 valence electrons. The summed E-state index contributed by atoms with van der Waals surface area (Å²) < 4.78 is 17.9. The van der Waals surface area contributed by atoms with E-state index in [1.807, 2.05) is 18.2 Å². The van der Waals surface area contributed by atoms with Crippen LogP contribution in [0.5, 0.6) is 11.5 Å². The van der Waals surface area contributed by atoms with Crippen molar-refractivity contribution in [1.29, 1.82) is 0 Å². The number of methoxy groups -OCH3 is 1. The van der Waals surface area contributed by atoms with E-state index in [2.05, 4.69) is 41.1 Å². The number of morpholine rings is 1. The van der Waals surface area contributed by atoms with Gasteiger partial charge in [-0.1, -0.05) is 23.2 Å². The van der Waals surface area contributed by atoms with Crippen molar-refractivity contribution in [3.8, 4) is 11.5 Å². The third-order valence-corrected chi connectivity index (χ3v) is 6.19. The SMILES string of the molecule is COc1cc2c(Nc3ccc(Cl)c(Cl)c3)ncnc2cc1OCCC1CN(C)CC(C)(C)O1. The molecule has 0 saturated carbocycles. The first-order valence-corrected chi connectivity index (χ1v) is 11.5. The van der Waals surface area contributed by atoms with Gasteiger partial charge in [0, 0.05) is 36.7 Å². The van der Waals surface area contributed by atoms with E-state index in [0.717, 1.165) is 36.1 Å². The smallest absolute Gasteiger partial charge is 0.163 e. The zero-order valence-corrected chi connectivity index (χ0v) is 20.7. The van der Waals surface area contributed by atoms with Crippen LogP contribution in [0.4, 0.5) is 11.5 Å². The van der Waals surface area contributed by atoms with Crippen LogP contribution >= 0.6 is 23.2 Å². The van der Waals surface area contributed by atoms with Crippen LogP contribution in [0.2, 0.25) is 10.0 Å². The largest absolute Gasteiger partial charge is 0.493 e. The van der Waals surface area contributed by atoms with Crippen LogP contribution in [-0.2, 0) is 4.74 Å².